The van der Waals surface area contributed by atoms with Crippen LogP contribution >= 0.6 is 34.2 Å². The summed E-state index contributed by atoms with van der Waals surface area (Å²) in [6.45, 7) is 0.391. The normalized spacial score (nSPS) is 10.5. The molecule has 0 bridgehead atoms. The van der Waals surface area contributed by atoms with Gasteiger partial charge in [0.25, 0.3) is 5.56 Å². The number of anilines is 1. The molecular weight excluding hydrogens is 352 g/mol. The molecule has 0 unspecified atom stereocenters. The Hall–Kier alpha value is -1.08. The summed E-state index contributed by atoms with van der Waals surface area (Å²) < 4.78 is 2.09. The van der Waals surface area contributed by atoms with Crippen molar-refractivity contribution in [1.29, 1.82) is 0 Å². The zero-order valence-electron chi connectivity index (χ0n) is 8.73. The second kappa shape index (κ2) is 5.05. The van der Waals surface area contributed by atoms with E-state index < -0.39 is 0 Å². The Morgan fingerprint density at radius 2 is 2.24 bits per heavy atom. The predicted molar refractivity (Wildman–Crippen MR) is 76.2 cm³/mol. The standard InChI is InChI=1S/C11H9ClIN3O/c12-9-3-8(14)2-1-7(9)5-16-6-15-4-10(13)11(16)17/h1-4,6H,5,14H2. The lowest BCUT2D eigenvalue weighted by molar-refractivity contribution is 0.730. The van der Waals surface area contributed by atoms with Gasteiger partial charge in [0, 0.05) is 16.9 Å². The van der Waals surface area contributed by atoms with E-state index >= 15 is 0 Å². The molecule has 0 saturated carbocycles. The van der Waals surface area contributed by atoms with Crippen LogP contribution in [0.3, 0.4) is 0 Å². The fraction of sp³-hybridized carbons (Fsp3) is 0.0909. The Morgan fingerprint density at radius 3 is 2.94 bits per heavy atom. The van der Waals surface area contributed by atoms with Crippen LogP contribution in [0.25, 0.3) is 0 Å². The summed E-state index contributed by atoms with van der Waals surface area (Å²) >= 11 is 8.01. The number of nitrogen functional groups attached to an aromatic ring is 1. The molecule has 1 aromatic heterocycles. The highest BCUT2D eigenvalue weighted by Gasteiger charge is 2.05. The quantitative estimate of drug-likeness (QED) is 0.658. The Labute approximate surface area is 117 Å². The molecule has 17 heavy (non-hydrogen) atoms. The van der Waals surface area contributed by atoms with E-state index in [2.05, 4.69) is 4.98 Å². The summed E-state index contributed by atoms with van der Waals surface area (Å²) in [6.07, 6.45) is 3.03. The van der Waals surface area contributed by atoms with Crippen molar-refractivity contribution in [2.45, 2.75) is 6.54 Å². The minimum Gasteiger partial charge on any atom is -0.399 e. The molecule has 4 nitrogen and oxygen atoms in total. The first-order chi connectivity index (χ1) is 8.08. The highest BCUT2D eigenvalue weighted by molar-refractivity contribution is 14.1. The second-order valence-electron chi connectivity index (χ2n) is 3.53. The van der Waals surface area contributed by atoms with Crippen LogP contribution in [-0.2, 0) is 6.54 Å². The number of nitrogens with zero attached hydrogens (tertiary/aromatic N) is 2. The Bertz CT molecular complexity index is 612. The first-order valence-corrected chi connectivity index (χ1v) is 6.27. The number of nitrogens with two attached hydrogens (primary N) is 1. The third-order valence-corrected chi connectivity index (χ3v) is 3.37. The molecular formula is C11H9ClIN3O. The first-order valence-electron chi connectivity index (χ1n) is 4.82. The third-order valence-electron chi connectivity index (χ3n) is 2.28. The minimum atomic E-state index is -0.0755. The van der Waals surface area contributed by atoms with Crippen LogP contribution in [0.5, 0.6) is 0 Å². The molecule has 2 N–H and O–H groups in total. The lowest BCUT2D eigenvalue weighted by atomic mass is 10.2. The van der Waals surface area contributed by atoms with Gasteiger partial charge in [-0.1, -0.05) is 17.7 Å². The van der Waals surface area contributed by atoms with E-state index in [0.29, 0.717) is 20.8 Å². The SMILES string of the molecule is Nc1ccc(Cn2cncc(I)c2=O)c(Cl)c1. The predicted octanol–water partition coefficient (Wildman–Crippen LogP) is 2.13. The van der Waals surface area contributed by atoms with Crippen LogP contribution in [0, 0.1) is 3.57 Å². The number of halogens is 2. The van der Waals surface area contributed by atoms with E-state index in [1.165, 1.54) is 17.1 Å². The molecule has 88 valence electrons. The molecule has 6 heteroatoms. The monoisotopic (exact) mass is 361 g/mol. The number of hydrogen-bond acceptors (Lipinski definition) is 3. The fourth-order valence-electron chi connectivity index (χ4n) is 1.41. The first kappa shape index (κ1) is 12.4. The number of rotatable bonds is 2. The van der Waals surface area contributed by atoms with Gasteiger partial charge in [0.15, 0.2) is 0 Å². The van der Waals surface area contributed by atoms with Gasteiger partial charge in [0.1, 0.15) is 0 Å². The molecule has 2 aromatic rings. The van der Waals surface area contributed by atoms with E-state index in [9.17, 15) is 4.79 Å². The van der Waals surface area contributed by atoms with E-state index in [1.807, 2.05) is 28.7 Å². The molecule has 0 atom stereocenters. The molecule has 0 aliphatic rings. The van der Waals surface area contributed by atoms with Gasteiger partial charge in [0.2, 0.25) is 0 Å². The molecule has 0 saturated heterocycles. The molecule has 2 rings (SSSR count). The smallest absolute Gasteiger partial charge is 0.267 e. The van der Waals surface area contributed by atoms with Crippen molar-refractivity contribution in [1.82, 2.24) is 9.55 Å². The Morgan fingerprint density at radius 1 is 1.47 bits per heavy atom. The molecule has 0 fully saturated rings. The summed E-state index contributed by atoms with van der Waals surface area (Å²) in [5.41, 5.74) is 6.98. The molecule has 0 radical (unpaired) electrons. The van der Waals surface area contributed by atoms with E-state index in [4.69, 9.17) is 17.3 Å². The van der Waals surface area contributed by atoms with Crippen molar-refractivity contribution in [3.05, 3.63) is 55.2 Å². The lowest BCUT2D eigenvalue weighted by Gasteiger charge is -2.07. The second-order valence-corrected chi connectivity index (χ2v) is 5.09. The van der Waals surface area contributed by atoms with Gasteiger partial charge in [-0.25, -0.2) is 4.98 Å². The topological polar surface area (TPSA) is 60.9 Å². The maximum Gasteiger partial charge on any atom is 0.267 e. The van der Waals surface area contributed by atoms with Gasteiger partial charge in [-0.2, -0.15) is 0 Å². The molecule has 0 aliphatic carbocycles. The summed E-state index contributed by atoms with van der Waals surface area (Å²) in [5, 5.41) is 0.552. The van der Waals surface area contributed by atoms with Gasteiger partial charge in [-0.15, -0.1) is 0 Å². The summed E-state index contributed by atoms with van der Waals surface area (Å²) in [5.74, 6) is 0. The van der Waals surface area contributed by atoms with Crippen LogP contribution in [0.1, 0.15) is 5.56 Å². The number of aromatic nitrogens is 2. The maximum atomic E-state index is 11.8. The van der Waals surface area contributed by atoms with Gasteiger partial charge >= 0.3 is 0 Å². The molecule has 1 heterocycles. The molecule has 0 spiro atoms. The van der Waals surface area contributed by atoms with Crippen LogP contribution in [0.4, 0.5) is 5.69 Å². The average molecular weight is 362 g/mol. The zero-order chi connectivity index (χ0) is 12.4. The third kappa shape index (κ3) is 2.78. The van der Waals surface area contributed by atoms with E-state index in [0.717, 1.165) is 5.56 Å². The van der Waals surface area contributed by atoms with Crippen molar-refractivity contribution >= 4 is 39.9 Å². The number of benzene rings is 1. The van der Waals surface area contributed by atoms with Gasteiger partial charge in [0.05, 0.1) is 16.4 Å². The highest BCUT2D eigenvalue weighted by Crippen LogP contribution is 2.19. The van der Waals surface area contributed by atoms with Gasteiger partial charge < -0.3 is 5.73 Å². The van der Waals surface area contributed by atoms with Crippen molar-refractivity contribution in [3.8, 4) is 0 Å². The van der Waals surface area contributed by atoms with E-state index in [-0.39, 0.29) is 5.56 Å². The summed E-state index contributed by atoms with van der Waals surface area (Å²) in [7, 11) is 0. The summed E-state index contributed by atoms with van der Waals surface area (Å²) in [4.78, 5) is 15.8. The van der Waals surface area contributed by atoms with E-state index in [1.54, 1.807) is 12.1 Å². The lowest BCUT2D eigenvalue weighted by Crippen LogP contribution is -2.23. The van der Waals surface area contributed by atoms with Gasteiger partial charge in [-0.05, 0) is 40.3 Å². The van der Waals surface area contributed by atoms with Crippen LogP contribution in [0.2, 0.25) is 5.02 Å². The zero-order valence-corrected chi connectivity index (χ0v) is 11.6. The van der Waals surface area contributed by atoms with Gasteiger partial charge in [-0.3, -0.25) is 9.36 Å². The molecule has 0 amide bonds. The number of hydrogen-bond donors (Lipinski definition) is 1. The molecule has 0 aliphatic heterocycles. The van der Waals surface area contributed by atoms with Crippen LogP contribution in [0.15, 0.2) is 35.5 Å². The van der Waals surface area contributed by atoms with Crippen molar-refractivity contribution in [2.75, 3.05) is 5.73 Å². The Balaban J connectivity index is 2.38. The average Bonchev–Trinajstić information content (AvgIpc) is 2.28. The largest absolute Gasteiger partial charge is 0.399 e. The Kier molecular flexibility index (Phi) is 3.68. The van der Waals surface area contributed by atoms with Crippen LogP contribution < -0.4 is 11.3 Å². The van der Waals surface area contributed by atoms with Crippen molar-refractivity contribution in [2.24, 2.45) is 0 Å². The summed E-state index contributed by atoms with van der Waals surface area (Å²) in [6, 6.07) is 5.24. The van der Waals surface area contributed by atoms with Crippen molar-refractivity contribution < 1.29 is 0 Å². The molecule has 1 aromatic carbocycles. The fourth-order valence-corrected chi connectivity index (χ4v) is 2.13. The minimum absolute atomic E-state index is 0.0755. The van der Waals surface area contributed by atoms with Crippen LogP contribution in [-0.4, -0.2) is 9.55 Å². The highest BCUT2D eigenvalue weighted by atomic mass is 127. The maximum absolute atomic E-state index is 11.8. The van der Waals surface area contributed by atoms with Crippen molar-refractivity contribution in [3.63, 3.8) is 0 Å².